The third-order valence-corrected chi connectivity index (χ3v) is 3.25. The molecule has 0 aliphatic carbocycles. The number of primary amides is 2. The summed E-state index contributed by atoms with van der Waals surface area (Å²) in [5, 5.41) is 4.80. The Balaban J connectivity index is 2.60. The van der Waals surface area contributed by atoms with E-state index in [2.05, 4.69) is 16.7 Å². The number of nitrogens with two attached hydrogens (primary N) is 2. The van der Waals surface area contributed by atoms with E-state index in [-0.39, 0.29) is 6.04 Å². The molecule has 0 aliphatic heterocycles. The topological polar surface area (TPSA) is 127 Å². The summed E-state index contributed by atoms with van der Waals surface area (Å²) in [7, 11) is 0. The van der Waals surface area contributed by atoms with Crippen LogP contribution in [0.1, 0.15) is 23.6 Å². The van der Waals surface area contributed by atoms with Gasteiger partial charge in [-0.05, 0) is 38.3 Å². The van der Waals surface area contributed by atoms with Crippen molar-refractivity contribution >= 4 is 17.8 Å². The molecule has 1 rings (SSSR count). The Bertz CT molecular complexity index is 572. The molecule has 0 heterocycles. The molecular weight excluding hydrogens is 284 g/mol. The largest absolute Gasteiger partial charge is 0.367 e. The average molecular weight is 306 g/mol. The van der Waals surface area contributed by atoms with Gasteiger partial charge in [-0.1, -0.05) is 23.8 Å². The lowest BCUT2D eigenvalue weighted by molar-refractivity contribution is -0.128. The number of urea groups is 1. The molecule has 0 saturated heterocycles. The van der Waals surface area contributed by atoms with Crippen LogP contribution in [0.2, 0.25) is 0 Å². The number of carbonyl (C=O) groups is 3. The molecule has 0 saturated carbocycles. The number of amides is 4. The van der Waals surface area contributed by atoms with E-state index in [0.717, 1.165) is 11.1 Å². The van der Waals surface area contributed by atoms with Crippen LogP contribution in [-0.2, 0) is 16.0 Å². The number of aryl methyl sites for hydroxylation is 2. The van der Waals surface area contributed by atoms with E-state index in [1.807, 2.05) is 32.9 Å². The second-order valence-corrected chi connectivity index (χ2v) is 5.39. The second kappa shape index (κ2) is 7.44. The van der Waals surface area contributed by atoms with E-state index in [1.54, 1.807) is 0 Å². The van der Waals surface area contributed by atoms with Crippen molar-refractivity contribution in [2.75, 3.05) is 0 Å². The summed E-state index contributed by atoms with van der Waals surface area (Å²) in [4.78, 5) is 33.8. The zero-order valence-electron chi connectivity index (χ0n) is 13.0. The van der Waals surface area contributed by atoms with Crippen LogP contribution in [-0.4, -0.2) is 29.9 Å². The van der Waals surface area contributed by atoms with Crippen molar-refractivity contribution in [2.24, 2.45) is 11.5 Å². The molecule has 0 spiro atoms. The SMILES string of the molecule is Cc1ccc(CC(C)NC(=O)NC(C(N)=O)C(N)=O)c(C)c1. The van der Waals surface area contributed by atoms with Crippen molar-refractivity contribution in [3.63, 3.8) is 0 Å². The highest BCUT2D eigenvalue weighted by atomic mass is 16.2. The Morgan fingerprint density at radius 3 is 2.18 bits per heavy atom. The van der Waals surface area contributed by atoms with E-state index in [4.69, 9.17) is 11.5 Å². The fourth-order valence-corrected chi connectivity index (χ4v) is 2.13. The molecule has 7 heteroatoms. The summed E-state index contributed by atoms with van der Waals surface area (Å²) < 4.78 is 0. The monoisotopic (exact) mass is 306 g/mol. The van der Waals surface area contributed by atoms with Gasteiger partial charge in [0.1, 0.15) is 0 Å². The van der Waals surface area contributed by atoms with Crippen LogP contribution in [0.25, 0.3) is 0 Å². The molecule has 4 amide bonds. The molecule has 0 bridgehead atoms. The van der Waals surface area contributed by atoms with Gasteiger partial charge < -0.3 is 22.1 Å². The summed E-state index contributed by atoms with van der Waals surface area (Å²) in [5.74, 6) is -1.99. The first kappa shape index (κ1) is 17.5. The van der Waals surface area contributed by atoms with Gasteiger partial charge in [0.2, 0.25) is 11.8 Å². The molecule has 1 unspecified atom stereocenters. The van der Waals surface area contributed by atoms with Crippen LogP contribution in [0, 0.1) is 13.8 Å². The van der Waals surface area contributed by atoms with Crippen molar-refractivity contribution in [1.29, 1.82) is 0 Å². The van der Waals surface area contributed by atoms with Crippen LogP contribution in [0.3, 0.4) is 0 Å². The van der Waals surface area contributed by atoms with Gasteiger partial charge in [0.25, 0.3) is 0 Å². The normalized spacial score (nSPS) is 11.8. The minimum absolute atomic E-state index is 0.192. The Labute approximate surface area is 129 Å². The maximum atomic E-state index is 11.8. The summed E-state index contributed by atoms with van der Waals surface area (Å²) >= 11 is 0. The van der Waals surface area contributed by atoms with Gasteiger partial charge in [-0.25, -0.2) is 4.79 Å². The molecule has 6 N–H and O–H groups in total. The summed E-state index contributed by atoms with van der Waals surface area (Å²) in [6.07, 6.45) is 0.622. The predicted molar refractivity (Wildman–Crippen MR) is 82.9 cm³/mol. The highest BCUT2D eigenvalue weighted by Crippen LogP contribution is 2.12. The number of hydrogen-bond acceptors (Lipinski definition) is 3. The van der Waals surface area contributed by atoms with Gasteiger partial charge in [0.05, 0.1) is 0 Å². The molecule has 0 radical (unpaired) electrons. The Morgan fingerprint density at radius 1 is 1.09 bits per heavy atom. The lowest BCUT2D eigenvalue weighted by Gasteiger charge is -2.18. The number of hydrogen-bond donors (Lipinski definition) is 4. The highest BCUT2D eigenvalue weighted by Gasteiger charge is 2.24. The first-order chi connectivity index (χ1) is 10.2. The first-order valence-electron chi connectivity index (χ1n) is 6.92. The van der Waals surface area contributed by atoms with Gasteiger partial charge >= 0.3 is 6.03 Å². The maximum Gasteiger partial charge on any atom is 0.316 e. The third kappa shape index (κ3) is 5.08. The molecule has 0 aliphatic rings. The molecule has 0 fully saturated rings. The minimum Gasteiger partial charge on any atom is -0.367 e. The van der Waals surface area contributed by atoms with Crippen molar-refractivity contribution in [1.82, 2.24) is 10.6 Å². The van der Waals surface area contributed by atoms with Crippen LogP contribution in [0.15, 0.2) is 18.2 Å². The predicted octanol–water partition coefficient (Wildman–Crippen LogP) is -0.127. The Hall–Kier alpha value is -2.57. The van der Waals surface area contributed by atoms with Gasteiger partial charge in [0.15, 0.2) is 6.04 Å². The van der Waals surface area contributed by atoms with Crippen molar-refractivity contribution in [3.05, 3.63) is 34.9 Å². The van der Waals surface area contributed by atoms with Crippen LogP contribution >= 0.6 is 0 Å². The van der Waals surface area contributed by atoms with Crippen molar-refractivity contribution < 1.29 is 14.4 Å². The van der Waals surface area contributed by atoms with Crippen LogP contribution in [0.4, 0.5) is 4.79 Å². The minimum atomic E-state index is -1.52. The highest BCUT2D eigenvalue weighted by molar-refractivity contribution is 6.05. The van der Waals surface area contributed by atoms with E-state index in [1.165, 1.54) is 5.56 Å². The molecule has 120 valence electrons. The Morgan fingerprint density at radius 2 is 1.68 bits per heavy atom. The first-order valence-corrected chi connectivity index (χ1v) is 6.92. The summed E-state index contributed by atoms with van der Waals surface area (Å²) in [6.45, 7) is 5.84. The summed E-state index contributed by atoms with van der Waals surface area (Å²) in [5.41, 5.74) is 13.4. The number of carbonyl (C=O) groups excluding carboxylic acids is 3. The van der Waals surface area contributed by atoms with E-state index in [9.17, 15) is 14.4 Å². The van der Waals surface area contributed by atoms with Crippen LogP contribution < -0.4 is 22.1 Å². The molecule has 22 heavy (non-hydrogen) atoms. The standard InChI is InChI=1S/C15H22N4O3/c1-8-4-5-11(9(2)6-8)7-10(3)18-15(22)19-12(13(16)20)14(17)21/h4-6,10,12H,7H2,1-3H3,(H2,16,20)(H2,17,21)(H2,18,19,22). The molecular formula is C15H22N4O3. The van der Waals surface area contributed by atoms with Crippen molar-refractivity contribution in [3.8, 4) is 0 Å². The fourth-order valence-electron chi connectivity index (χ4n) is 2.13. The smallest absolute Gasteiger partial charge is 0.316 e. The summed E-state index contributed by atoms with van der Waals surface area (Å²) in [6, 6.07) is 3.70. The van der Waals surface area contributed by atoms with E-state index in [0.29, 0.717) is 6.42 Å². The van der Waals surface area contributed by atoms with Gasteiger partial charge in [0, 0.05) is 6.04 Å². The third-order valence-electron chi connectivity index (χ3n) is 3.25. The number of rotatable bonds is 6. The van der Waals surface area contributed by atoms with E-state index >= 15 is 0 Å². The molecule has 7 nitrogen and oxygen atoms in total. The average Bonchev–Trinajstić information content (AvgIpc) is 2.38. The van der Waals surface area contributed by atoms with Crippen LogP contribution in [0.5, 0.6) is 0 Å². The molecule has 1 atom stereocenters. The van der Waals surface area contributed by atoms with Gasteiger partial charge in [-0.15, -0.1) is 0 Å². The lowest BCUT2D eigenvalue weighted by atomic mass is 10.00. The van der Waals surface area contributed by atoms with Crippen molar-refractivity contribution in [2.45, 2.75) is 39.3 Å². The number of nitrogens with one attached hydrogen (secondary N) is 2. The fraction of sp³-hybridized carbons (Fsp3) is 0.400. The van der Waals surface area contributed by atoms with Gasteiger partial charge in [-0.2, -0.15) is 0 Å². The lowest BCUT2D eigenvalue weighted by Crippen LogP contribution is -2.56. The Kier molecular flexibility index (Phi) is 5.91. The molecule has 1 aromatic rings. The van der Waals surface area contributed by atoms with E-state index < -0.39 is 23.9 Å². The quantitative estimate of drug-likeness (QED) is 0.547. The number of benzene rings is 1. The maximum absolute atomic E-state index is 11.8. The molecule has 0 aromatic heterocycles. The van der Waals surface area contributed by atoms with Gasteiger partial charge in [-0.3, -0.25) is 9.59 Å². The zero-order chi connectivity index (χ0) is 16.9. The molecule has 1 aromatic carbocycles. The second-order valence-electron chi connectivity index (χ2n) is 5.39. The zero-order valence-corrected chi connectivity index (χ0v) is 13.0.